The molecular formula is C12H12N2O2. The Bertz CT molecular complexity index is 572. The second-order valence-corrected chi connectivity index (χ2v) is 4.15. The number of aromatic nitrogens is 2. The predicted octanol–water partition coefficient (Wildman–Crippen LogP) is 1.61. The molecule has 1 N–H and O–H groups in total. The standard InChI is InChI=1S/C12H12N2O2/c15-12(16)7-10-9-6-8-2-1-5-14(8)11(9)3-4-13-10/h3-4,6H,1-2,5,7H2,(H,15,16). The van der Waals surface area contributed by atoms with Crippen molar-refractivity contribution >= 4 is 16.9 Å². The van der Waals surface area contributed by atoms with Gasteiger partial charge < -0.3 is 9.67 Å². The smallest absolute Gasteiger partial charge is 0.309 e. The summed E-state index contributed by atoms with van der Waals surface area (Å²) in [5.41, 5.74) is 3.10. The van der Waals surface area contributed by atoms with Crippen LogP contribution in [0.5, 0.6) is 0 Å². The van der Waals surface area contributed by atoms with Crippen LogP contribution in [0.25, 0.3) is 10.9 Å². The molecule has 0 fully saturated rings. The summed E-state index contributed by atoms with van der Waals surface area (Å²) >= 11 is 0. The molecule has 3 rings (SSSR count). The van der Waals surface area contributed by atoms with Crippen LogP contribution in [0.3, 0.4) is 0 Å². The molecule has 4 nitrogen and oxygen atoms in total. The number of nitrogens with zero attached hydrogens (tertiary/aromatic N) is 2. The third kappa shape index (κ3) is 1.30. The summed E-state index contributed by atoms with van der Waals surface area (Å²) in [5, 5.41) is 9.83. The molecule has 2 aromatic heterocycles. The highest BCUT2D eigenvalue weighted by molar-refractivity contribution is 5.86. The molecule has 0 spiro atoms. The number of hydrogen-bond acceptors (Lipinski definition) is 2. The van der Waals surface area contributed by atoms with Crippen molar-refractivity contribution in [1.29, 1.82) is 0 Å². The minimum Gasteiger partial charge on any atom is -0.481 e. The summed E-state index contributed by atoms with van der Waals surface area (Å²) in [4.78, 5) is 14.9. The lowest BCUT2D eigenvalue weighted by molar-refractivity contribution is -0.136. The quantitative estimate of drug-likeness (QED) is 0.829. The molecule has 0 bridgehead atoms. The Morgan fingerprint density at radius 1 is 1.56 bits per heavy atom. The van der Waals surface area contributed by atoms with Crippen molar-refractivity contribution < 1.29 is 9.90 Å². The van der Waals surface area contributed by atoms with Crippen molar-refractivity contribution in [2.45, 2.75) is 25.8 Å². The Morgan fingerprint density at radius 2 is 2.44 bits per heavy atom. The highest BCUT2D eigenvalue weighted by Gasteiger charge is 2.17. The molecule has 16 heavy (non-hydrogen) atoms. The van der Waals surface area contributed by atoms with Crippen LogP contribution in [-0.2, 0) is 24.2 Å². The summed E-state index contributed by atoms with van der Waals surface area (Å²) in [6.45, 7) is 1.04. The lowest BCUT2D eigenvalue weighted by Gasteiger charge is -2.02. The maximum atomic E-state index is 10.7. The first-order chi connectivity index (χ1) is 7.75. The topological polar surface area (TPSA) is 55.1 Å². The number of aliphatic carboxylic acids is 1. The second-order valence-electron chi connectivity index (χ2n) is 4.15. The van der Waals surface area contributed by atoms with Crippen LogP contribution in [-0.4, -0.2) is 20.6 Å². The molecule has 82 valence electrons. The van der Waals surface area contributed by atoms with E-state index < -0.39 is 5.97 Å². The van der Waals surface area contributed by atoms with Gasteiger partial charge in [0.05, 0.1) is 17.6 Å². The van der Waals surface area contributed by atoms with Gasteiger partial charge in [-0.1, -0.05) is 0 Å². The summed E-state index contributed by atoms with van der Waals surface area (Å²) in [5.74, 6) is -0.827. The fraction of sp³-hybridized carbons (Fsp3) is 0.333. The van der Waals surface area contributed by atoms with Crippen LogP contribution in [0.1, 0.15) is 17.8 Å². The third-order valence-electron chi connectivity index (χ3n) is 3.13. The molecule has 2 aromatic rings. The maximum Gasteiger partial charge on any atom is 0.309 e. The fourth-order valence-corrected chi connectivity index (χ4v) is 2.47. The van der Waals surface area contributed by atoms with Gasteiger partial charge in [0, 0.05) is 23.8 Å². The van der Waals surface area contributed by atoms with E-state index in [4.69, 9.17) is 5.11 Å². The van der Waals surface area contributed by atoms with Gasteiger partial charge in [0.2, 0.25) is 0 Å². The van der Waals surface area contributed by atoms with Crippen molar-refractivity contribution in [1.82, 2.24) is 9.55 Å². The Hall–Kier alpha value is -1.84. The number of rotatable bonds is 2. The average molecular weight is 216 g/mol. The number of carboxylic acids is 1. The van der Waals surface area contributed by atoms with Gasteiger partial charge in [0.1, 0.15) is 0 Å². The van der Waals surface area contributed by atoms with Gasteiger partial charge in [0.15, 0.2) is 0 Å². The SMILES string of the molecule is O=C(O)Cc1nccc2c1cc1n2CCC1. The molecule has 3 heterocycles. The normalized spacial score (nSPS) is 14.2. The Labute approximate surface area is 92.5 Å². The minimum absolute atomic E-state index is 0.000787. The molecule has 0 radical (unpaired) electrons. The summed E-state index contributed by atoms with van der Waals surface area (Å²) < 4.78 is 2.27. The first-order valence-corrected chi connectivity index (χ1v) is 5.43. The highest BCUT2D eigenvalue weighted by Crippen LogP contribution is 2.27. The van der Waals surface area contributed by atoms with Crippen LogP contribution < -0.4 is 0 Å². The molecule has 0 saturated carbocycles. The van der Waals surface area contributed by atoms with E-state index in [1.807, 2.05) is 6.07 Å². The molecule has 0 atom stereocenters. The van der Waals surface area contributed by atoms with Crippen LogP contribution in [0, 0.1) is 0 Å². The Balaban J connectivity index is 2.20. The molecule has 0 unspecified atom stereocenters. The van der Waals surface area contributed by atoms with Gasteiger partial charge in [-0.2, -0.15) is 0 Å². The number of carbonyl (C=O) groups is 1. The summed E-state index contributed by atoms with van der Waals surface area (Å²) in [6.07, 6.45) is 3.97. The van der Waals surface area contributed by atoms with E-state index in [-0.39, 0.29) is 6.42 Å². The van der Waals surface area contributed by atoms with E-state index >= 15 is 0 Å². The van der Waals surface area contributed by atoms with Gasteiger partial charge in [0.25, 0.3) is 0 Å². The molecule has 1 aliphatic heterocycles. The van der Waals surface area contributed by atoms with Crippen LogP contribution >= 0.6 is 0 Å². The summed E-state index contributed by atoms with van der Waals surface area (Å²) in [7, 11) is 0. The van der Waals surface area contributed by atoms with E-state index in [0.717, 1.165) is 23.9 Å². The maximum absolute atomic E-state index is 10.7. The predicted molar refractivity (Wildman–Crippen MR) is 59.4 cm³/mol. The fourth-order valence-electron chi connectivity index (χ4n) is 2.47. The number of carboxylic acid groups (broad SMARTS) is 1. The summed E-state index contributed by atoms with van der Waals surface area (Å²) in [6, 6.07) is 4.06. The molecular weight excluding hydrogens is 204 g/mol. The number of fused-ring (bicyclic) bond motifs is 3. The van der Waals surface area contributed by atoms with Crippen LogP contribution in [0.15, 0.2) is 18.3 Å². The van der Waals surface area contributed by atoms with E-state index in [9.17, 15) is 4.79 Å². The molecule has 0 aliphatic carbocycles. The molecule has 0 aromatic carbocycles. The van der Waals surface area contributed by atoms with Gasteiger partial charge in [-0.25, -0.2) is 0 Å². The zero-order chi connectivity index (χ0) is 11.1. The largest absolute Gasteiger partial charge is 0.481 e. The molecule has 4 heteroatoms. The zero-order valence-corrected chi connectivity index (χ0v) is 8.81. The van der Waals surface area contributed by atoms with E-state index in [0.29, 0.717) is 5.69 Å². The van der Waals surface area contributed by atoms with Crippen molar-refractivity contribution in [2.24, 2.45) is 0 Å². The Kier molecular flexibility index (Phi) is 1.96. The van der Waals surface area contributed by atoms with E-state index in [1.54, 1.807) is 6.20 Å². The van der Waals surface area contributed by atoms with Crippen LogP contribution in [0.4, 0.5) is 0 Å². The Morgan fingerprint density at radius 3 is 3.25 bits per heavy atom. The molecule has 0 amide bonds. The highest BCUT2D eigenvalue weighted by atomic mass is 16.4. The average Bonchev–Trinajstić information content (AvgIpc) is 2.77. The number of hydrogen-bond donors (Lipinski definition) is 1. The number of aryl methyl sites for hydroxylation is 2. The van der Waals surface area contributed by atoms with Crippen molar-refractivity contribution in [3.05, 3.63) is 29.7 Å². The first kappa shape index (κ1) is 9.39. The van der Waals surface area contributed by atoms with Gasteiger partial charge in [-0.05, 0) is 25.0 Å². The lowest BCUT2D eigenvalue weighted by atomic mass is 10.1. The van der Waals surface area contributed by atoms with E-state index in [2.05, 4.69) is 15.6 Å². The number of pyridine rings is 1. The lowest BCUT2D eigenvalue weighted by Crippen LogP contribution is -2.02. The van der Waals surface area contributed by atoms with Crippen LogP contribution in [0.2, 0.25) is 0 Å². The minimum atomic E-state index is -0.827. The van der Waals surface area contributed by atoms with E-state index in [1.165, 1.54) is 12.1 Å². The van der Waals surface area contributed by atoms with Gasteiger partial charge in [-0.15, -0.1) is 0 Å². The van der Waals surface area contributed by atoms with Crippen molar-refractivity contribution in [3.8, 4) is 0 Å². The monoisotopic (exact) mass is 216 g/mol. The van der Waals surface area contributed by atoms with Gasteiger partial charge >= 0.3 is 5.97 Å². The molecule has 1 aliphatic rings. The zero-order valence-electron chi connectivity index (χ0n) is 8.81. The molecule has 0 saturated heterocycles. The third-order valence-corrected chi connectivity index (χ3v) is 3.13. The van der Waals surface area contributed by atoms with Crippen molar-refractivity contribution in [3.63, 3.8) is 0 Å². The van der Waals surface area contributed by atoms with Gasteiger partial charge in [-0.3, -0.25) is 9.78 Å². The van der Waals surface area contributed by atoms with Crippen molar-refractivity contribution in [2.75, 3.05) is 0 Å². The second kappa shape index (κ2) is 3.33. The first-order valence-electron chi connectivity index (χ1n) is 5.43.